The van der Waals surface area contributed by atoms with Crippen LogP contribution in [-0.4, -0.2) is 75.3 Å². The van der Waals surface area contributed by atoms with Crippen LogP contribution in [0.2, 0.25) is 0 Å². The molecule has 0 saturated carbocycles. The molecule has 0 amide bonds. The van der Waals surface area contributed by atoms with E-state index in [2.05, 4.69) is 68.7 Å². The average Bonchev–Trinajstić information content (AvgIpc) is 2.73. The molecule has 0 spiro atoms. The van der Waals surface area contributed by atoms with Crippen molar-refractivity contribution in [2.75, 3.05) is 59.5 Å². The van der Waals surface area contributed by atoms with Gasteiger partial charge in [-0.25, -0.2) is 0 Å². The summed E-state index contributed by atoms with van der Waals surface area (Å²) in [4.78, 5) is 9.34. The second kappa shape index (κ2) is 10.9. The number of rotatable bonds is 6. The highest BCUT2D eigenvalue weighted by molar-refractivity contribution is 5.80. The number of nitrogens with one attached hydrogen (secondary N) is 1. The molecule has 3 rings (SSSR count). The molecule has 27 heavy (non-hydrogen) atoms. The van der Waals surface area contributed by atoms with Crippen molar-refractivity contribution < 1.29 is 4.74 Å². The third-order valence-corrected chi connectivity index (χ3v) is 5.14. The summed E-state index contributed by atoms with van der Waals surface area (Å²) in [6.45, 7) is 7.77. The molecule has 2 aliphatic rings. The zero-order valence-corrected chi connectivity index (χ0v) is 16.4. The predicted molar refractivity (Wildman–Crippen MR) is 113 cm³/mol. The number of piperazine rings is 1. The number of aliphatic imine (C=N–C) groups is 1. The smallest absolute Gasteiger partial charge is 0.193 e. The average molecular weight is 369 g/mol. The molecule has 146 valence electrons. The van der Waals surface area contributed by atoms with E-state index in [4.69, 9.17) is 4.74 Å². The molecule has 0 bridgehead atoms. The van der Waals surface area contributed by atoms with E-state index in [0.717, 1.165) is 71.3 Å². The van der Waals surface area contributed by atoms with Gasteiger partial charge in [-0.1, -0.05) is 54.1 Å². The monoisotopic (exact) mass is 368 g/mol. The van der Waals surface area contributed by atoms with Crippen LogP contribution in [0.15, 0.2) is 53.0 Å². The van der Waals surface area contributed by atoms with Crippen LogP contribution in [0.5, 0.6) is 0 Å². The molecule has 0 atom stereocenters. The summed E-state index contributed by atoms with van der Waals surface area (Å²) < 4.78 is 5.37. The Morgan fingerprint density at radius 3 is 2.70 bits per heavy atom. The van der Waals surface area contributed by atoms with Crippen molar-refractivity contribution in [3.8, 4) is 0 Å². The van der Waals surface area contributed by atoms with Crippen molar-refractivity contribution in [1.29, 1.82) is 0 Å². The van der Waals surface area contributed by atoms with E-state index in [0.29, 0.717) is 0 Å². The quantitative estimate of drug-likeness (QED) is 0.476. The van der Waals surface area contributed by atoms with Gasteiger partial charge in [-0.15, -0.1) is 0 Å². The van der Waals surface area contributed by atoms with E-state index in [1.165, 1.54) is 11.1 Å². The summed E-state index contributed by atoms with van der Waals surface area (Å²) >= 11 is 0. The second-order valence-electron chi connectivity index (χ2n) is 7.01. The van der Waals surface area contributed by atoms with E-state index in [-0.39, 0.29) is 0 Å². The molecule has 0 aliphatic carbocycles. The number of nitrogens with zero attached hydrogens (tertiary/aromatic N) is 3. The molecule has 1 aromatic rings. The first-order valence-corrected chi connectivity index (χ1v) is 10.0. The van der Waals surface area contributed by atoms with Gasteiger partial charge in [-0.3, -0.25) is 9.89 Å². The highest BCUT2D eigenvalue weighted by Crippen LogP contribution is 2.11. The Hall–Kier alpha value is -2.11. The molecule has 1 aromatic carbocycles. The van der Waals surface area contributed by atoms with E-state index in [1.54, 1.807) is 0 Å². The number of hydrogen-bond donors (Lipinski definition) is 1. The van der Waals surface area contributed by atoms with E-state index in [1.807, 2.05) is 7.05 Å². The molecule has 0 aromatic heterocycles. The number of ether oxygens (including phenoxy) is 1. The molecule has 5 nitrogen and oxygen atoms in total. The van der Waals surface area contributed by atoms with Gasteiger partial charge in [0.1, 0.15) is 0 Å². The molecular weight excluding hydrogens is 336 g/mol. The zero-order chi connectivity index (χ0) is 18.7. The maximum atomic E-state index is 5.37. The second-order valence-corrected chi connectivity index (χ2v) is 7.01. The van der Waals surface area contributed by atoms with Gasteiger partial charge in [0.25, 0.3) is 0 Å². The van der Waals surface area contributed by atoms with Gasteiger partial charge in [0.15, 0.2) is 5.96 Å². The molecule has 2 aliphatic heterocycles. The lowest BCUT2D eigenvalue weighted by Crippen LogP contribution is -2.52. The summed E-state index contributed by atoms with van der Waals surface area (Å²) in [7, 11) is 1.88. The molecule has 5 heteroatoms. The van der Waals surface area contributed by atoms with Crippen LogP contribution < -0.4 is 5.32 Å². The fourth-order valence-corrected chi connectivity index (χ4v) is 3.50. The fourth-order valence-electron chi connectivity index (χ4n) is 3.50. The topological polar surface area (TPSA) is 40.1 Å². The summed E-state index contributed by atoms with van der Waals surface area (Å²) in [5, 5.41) is 3.53. The minimum atomic E-state index is 0.769. The maximum Gasteiger partial charge on any atom is 0.193 e. The number of hydrogen-bond acceptors (Lipinski definition) is 3. The standard InChI is InChI=1S/C22H32N4O/c1-23-22(24-12-9-21-10-18-27-19-11-21)26-16-14-25(15-17-26)13-5-8-20-6-3-2-4-7-20/h2-8,10H,9,11-19H2,1H3,(H,23,24)/b8-5+. The van der Waals surface area contributed by atoms with Crippen LogP contribution in [0.1, 0.15) is 18.4 Å². The Morgan fingerprint density at radius 1 is 1.19 bits per heavy atom. The van der Waals surface area contributed by atoms with Gasteiger partial charge in [0.05, 0.1) is 13.2 Å². The Morgan fingerprint density at radius 2 is 2.00 bits per heavy atom. The van der Waals surface area contributed by atoms with Gasteiger partial charge in [0, 0.05) is 46.3 Å². The van der Waals surface area contributed by atoms with E-state index >= 15 is 0 Å². The van der Waals surface area contributed by atoms with Crippen molar-refractivity contribution in [3.05, 3.63) is 53.6 Å². The minimum Gasteiger partial charge on any atom is -0.377 e. The Bertz CT molecular complexity index is 646. The summed E-state index contributed by atoms with van der Waals surface area (Å²) in [5.74, 6) is 1.03. The van der Waals surface area contributed by atoms with Crippen LogP contribution in [-0.2, 0) is 4.74 Å². The lowest BCUT2D eigenvalue weighted by molar-refractivity contribution is 0.153. The van der Waals surface area contributed by atoms with Gasteiger partial charge < -0.3 is 15.0 Å². The van der Waals surface area contributed by atoms with Gasteiger partial charge in [-0.05, 0) is 18.4 Å². The summed E-state index contributed by atoms with van der Waals surface area (Å²) in [6, 6.07) is 10.5. The molecule has 0 unspecified atom stereocenters. The highest BCUT2D eigenvalue weighted by atomic mass is 16.5. The SMILES string of the molecule is CN=C(NCCC1=CCOCC1)N1CCN(C/C=C/c2ccccc2)CC1. The van der Waals surface area contributed by atoms with Crippen LogP contribution in [0.4, 0.5) is 0 Å². The normalized spacial score (nSPS) is 19.4. The molecule has 1 saturated heterocycles. The van der Waals surface area contributed by atoms with E-state index < -0.39 is 0 Å². The number of benzene rings is 1. The van der Waals surface area contributed by atoms with Crippen LogP contribution in [0.3, 0.4) is 0 Å². The summed E-state index contributed by atoms with van der Waals surface area (Å²) in [5.41, 5.74) is 2.76. The zero-order valence-electron chi connectivity index (χ0n) is 16.4. The van der Waals surface area contributed by atoms with E-state index in [9.17, 15) is 0 Å². The lowest BCUT2D eigenvalue weighted by atomic mass is 10.1. The van der Waals surface area contributed by atoms with Crippen LogP contribution >= 0.6 is 0 Å². The highest BCUT2D eigenvalue weighted by Gasteiger charge is 2.18. The van der Waals surface area contributed by atoms with Crippen molar-refractivity contribution in [3.63, 3.8) is 0 Å². The van der Waals surface area contributed by atoms with Crippen molar-refractivity contribution >= 4 is 12.0 Å². The fraction of sp³-hybridized carbons (Fsp3) is 0.500. The Kier molecular flexibility index (Phi) is 7.93. The van der Waals surface area contributed by atoms with Gasteiger partial charge >= 0.3 is 0 Å². The predicted octanol–water partition coefficient (Wildman–Crippen LogP) is 2.63. The van der Waals surface area contributed by atoms with Gasteiger partial charge in [-0.2, -0.15) is 0 Å². The molecule has 2 heterocycles. The maximum absolute atomic E-state index is 5.37. The molecular formula is C22H32N4O. The Balaban J connectivity index is 1.36. The minimum absolute atomic E-state index is 0.769. The lowest BCUT2D eigenvalue weighted by Gasteiger charge is -2.36. The molecule has 0 radical (unpaired) electrons. The first-order chi connectivity index (χ1) is 13.3. The largest absolute Gasteiger partial charge is 0.377 e. The number of guanidine groups is 1. The summed E-state index contributed by atoms with van der Waals surface area (Å²) in [6.07, 6.45) is 8.83. The first kappa shape index (κ1) is 19.6. The van der Waals surface area contributed by atoms with Crippen LogP contribution in [0.25, 0.3) is 6.08 Å². The molecule has 1 N–H and O–H groups in total. The van der Waals surface area contributed by atoms with Gasteiger partial charge in [0.2, 0.25) is 0 Å². The van der Waals surface area contributed by atoms with Crippen molar-refractivity contribution in [2.24, 2.45) is 4.99 Å². The van der Waals surface area contributed by atoms with Crippen LogP contribution in [0, 0.1) is 0 Å². The first-order valence-electron chi connectivity index (χ1n) is 10.0. The van der Waals surface area contributed by atoms with Crippen molar-refractivity contribution in [1.82, 2.24) is 15.1 Å². The molecule has 1 fully saturated rings. The third-order valence-electron chi connectivity index (χ3n) is 5.14. The Labute approximate surface area is 163 Å². The van der Waals surface area contributed by atoms with Crippen molar-refractivity contribution in [2.45, 2.75) is 12.8 Å². The third kappa shape index (κ3) is 6.52.